The van der Waals surface area contributed by atoms with E-state index in [0.29, 0.717) is 24.3 Å². The maximum Gasteiger partial charge on any atom is 0.255 e. The van der Waals surface area contributed by atoms with Crippen LogP contribution in [0.1, 0.15) is 41.0 Å². The summed E-state index contributed by atoms with van der Waals surface area (Å²) in [6, 6.07) is 13.6. The first-order chi connectivity index (χ1) is 15.3. The van der Waals surface area contributed by atoms with Gasteiger partial charge in [0.05, 0.1) is 16.4 Å². The number of aryl methyl sites for hydroxylation is 2. The Morgan fingerprint density at radius 2 is 1.69 bits per heavy atom. The Bertz CT molecular complexity index is 1250. The second-order valence-corrected chi connectivity index (χ2v) is 10.3. The standard InChI is InChI=1S/C23H25ClN4O3S/c1-16-14-17(2)28(26-16)20-9-6-18(7-10-20)23(29)25-19-8-11-21(24)22(15-19)32(30,31)27-12-4-3-5-13-27/h6-11,14-15H,3-5,12-13H2,1-2H3,(H,25,29). The van der Waals surface area contributed by atoms with Gasteiger partial charge in [0.2, 0.25) is 10.0 Å². The van der Waals surface area contributed by atoms with E-state index in [0.717, 1.165) is 36.3 Å². The molecule has 1 N–H and O–H groups in total. The summed E-state index contributed by atoms with van der Waals surface area (Å²) in [6.45, 7) is 4.86. The molecule has 0 radical (unpaired) electrons. The number of anilines is 1. The number of hydrogen-bond donors (Lipinski definition) is 1. The van der Waals surface area contributed by atoms with Crippen molar-refractivity contribution in [1.82, 2.24) is 14.1 Å². The van der Waals surface area contributed by atoms with Gasteiger partial charge >= 0.3 is 0 Å². The maximum absolute atomic E-state index is 13.0. The molecule has 0 saturated carbocycles. The van der Waals surface area contributed by atoms with Crippen LogP contribution in [-0.4, -0.2) is 41.5 Å². The Morgan fingerprint density at radius 1 is 1.00 bits per heavy atom. The predicted octanol–water partition coefficient (Wildman–Crippen LogP) is 4.57. The lowest BCUT2D eigenvalue weighted by molar-refractivity contribution is 0.102. The van der Waals surface area contributed by atoms with E-state index in [9.17, 15) is 13.2 Å². The van der Waals surface area contributed by atoms with E-state index in [4.69, 9.17) is 11.6 Å². The summed E-state index contributed by atoms with van der Waals surface area (Å²) >= 11 is 6.22. The van der Waals surface area contributed by atoms with Gasteiger partial charge < -0.3 is 5.32 Å². The van der Waals surface area contributed by atoms with Crippen molar-refractivity contribution in [1.29, 1.82) is 0 Å². The van der Waals surface area contributed by atoms with Crippen molar-refractivity contribution in [3.8, 4) is 5.69 Å². The van der Waals surface area contributed by atoms with Gasteiger partial charge in [0.15, 0.2) is 0 Å². The molecular formula is C23H25ClN4O3S. The molecule has 1 amide bonds. The van der Waals surface area contributed by atoms with Gasteiger partial charge in [0.25, 0.3) is 5.91 Å². The molecule has 32 heavy (non-hydrogen) atoms. The lowest BCUT2D eigenvalue weighted by atomic mass is 10.2. The molecule has 1 aromatic heterocycles. The molecule has 1 fully saturated rings. The summed E-state index contributed by atoms with van der Waals surface area (Å²) in [5.41, 5.74) is 3.60. The van der Waals surface area contributed by atoms with Gasteiger partial charge in [-0.3, -0.25) is 4.79 Å². The lowest BCUT2D eigenvalue weighted by Crippen LogP contribution is -2.35. The summed E-state index contributed by atoms with van der Waals surface area (Å²) in [7, 11) is -3.71. The van der Waals surface area contributed by atoms with Crippen LogP contribution in [0.2, 0.25) is 5.02 Å². The summed E-state index contributed by atoms with van der Waals surface area (Å²) in [6.07, 6.45) is 2.69. The molecule has 1 saturated heterocycles. The molecule has 0 bridgehead atoms. The van der Waals surface area contributed by atoms with Crippen molar-refractivity contribution >= 4 is 33.2 Å². The fourth-order valence-electron chi connectivity index (χ4n) is 3.87. The van der Waals surface area contributed by atoms with Crippen molar-refractivity contribution in [3.05, 3.63) is 70.5 Å². The summed E-state index contributed by atoms with van der Waals surface area (Å²) < 4.78 is 29.3. The molecule has 2 aromatic carbocycles. The monoisotopic (exact) mass is 472 g/mol. The topological polar surface area (TPSA) is 84.3 Å². The van der Waals surface area contributed by atoms with Gasteiger partial charge in [0.1, 0.15) is 4.90 Å². The number of hydrogen-bond acceptors (Lipinski definition) is 4. The molecule has 168 valence electrons. The molecule has 1 aliphatic rings. The zero-order chi connectivity index (χ0) is 22.9. The number of carbonyl (C=O) groups is 1. The van der Waals surface area contributed by atoms with E-state index in [1.54, 1.807) is 18.2 Å². The van der Waals surface area contributed by atoms with Crippen molar-refractivity contribution < 1.29 is 13.2 Å². The third kappa shape index (κ3) is 4.57. The van der Waals surface area contributed by atoms with Crippen LogP contribution >= 0.6 is 11.6 Å². The lowest BCUT2D eigenvalue weighted by Gasteiger charge is -2.26. The molecule has 7 nitrogen and oxygen atoms in total. The zero-order valence-corrected chi connectivity index (χ0v) is 19.6. The Labute approximate surface area is 193 Å². The number of amides is 1. The second kappa shape index (κ2) is 9.05. The number of aromatic nitrogens is 2. The molecule has 1 aliphatic heterocycles. The summed E-state index contributed by atoms with van der Waals surface area (Å²) in [5.74, 6) is -0.339. The number of benzene rings is 2. The van der Waals surface area contributed by atoms with Gasteiger partial charge in [-0.25, -0.2) is 13.1 Å². The van der Waals surface area contributed by atoms with Crippen LogP contribution in [0.5, 0.6) is 0 Å². The smallest absolute Gasteiger partial charge is 0.255 e. The van der Waals surface area contributed by atoms with E-state index in [1.807, 2.05) is 36.7 Å². The normalized spacial score (nSPS) is 15.0. The van der Waals surface area contributed by atoms with Crippen LogP contribution in [0, 0.1) is 13.8 Å². The first kappa shape index (κ1) is 22.5. The van der Waals surface area contributed by atoms with Crippen molar-refractivity contribution in [2.45, 2.75) is 38.0 Å². The minimum absolute atomic E-state index is 0.0127. The molecule has 0 unspecified atom stereocenters. The highest BCUT2D eigenvalue weighted by atomic mass is 35.5. The van der Waals surface area contributed by atoms with Crippen LogP contribution in [0.4, 0.5) is 5.69 Å². The first-order valence-corrected chi connectivity index (χ1v) is 12.3. The number of piperidine rings is 1. The van der Waals surface area contributed by atoms with Crippen molar-refractivity contribution in [2.75, 3.05) is 18.4 Å². The Kier molecular flexibility index (Phi) is 6.37. The van der Waals surface area contributed by atoms with Crippen LogP contribution < -0.4 is 5.32 Å². The average molecular weight is 473 g/mol. The minimum Gasteiger partial charge on any atom is -0.322 e. The zero-order valence-electron chi connectivity index (χ0n) is 18.0. The molecule has 9 heteroatoms. The highest BCUT2D eigenvalue weighted by molar-refractivity contribution is 7.89. The first-order valence-electron chi connectivity index (χ1n) is 10.5. The number of carbonyl (C=O) groups excluding carboxylic acids is 1. The SMILES string of the molecule is Cc1cc(C)n(-c2ccc(C(=O)Nc3ccc(Cl)c(S(=O)(=O)N4CCCCC4)c3)cc2)n1. The summed E-state index contributed by atoms with van der Waals surface area (Å²) in [5, 5.41) is 7.36. The van der Waals surface area contributed by atoms with Gasteiger partial charge in [-0.2, -0.15) is 9.40 Å². The number of rotatable bonds is 5. The molecule has 0 spiro atoms. The van der Waals surface area contributed by atoms with E-state index < -0.39 is 10.0 Å². The summed E-state index contributed by atoms with van der Waals surface area (Å²) in [4.78, 5) is 12.8. The number of sulfonamides is 1. The van der Waals surface area contributed by atoms with Crippen LogP contribution in [-0.2, 0) is 10.0 Å². The molecule has 2 heterocycles. The average Bonchev–Trinajstić information content (AvgIpc) is 3.13. The number of nitrogens with zero attached hydrogens (tertiary/aromatic N) is 3. The fourth-order valence-corrected chi connectivity index (χ4v) is 5.89. The molecule has 0 aliphatic carbocycles. The Hall–Kier alpha value is -2.68. The maximum atomic E-state index is 13.0. The van der Waals surface area contributed by atoms with Crippen molar-refractivity contribution in [2.24, 2.45) is 0 Å². The van der Waals surface area contributed by atoms with Gasteiger partial charge in [-0.1, -0.05) is 18.0 Å². The Balaban J connectivity index is 1.53. The third-order valence-corrected chi connectivity index (χ3v) is 7.89. The minimum atomic E-state index is -3.71. The number of halogens is 1. The fraction of sp³-hybridized carbons (Fsp3) is 0.304. The highest BCUT2D eigenvalue weighted by Gasteiger charge is 2.28. The quantitative estimate of drug-likeness (QED) is 0.589. The van der Waals surface area contributed by atoms with E-state index >= 15 is 0 Å². The van der Waals surface area contributed by atoms with Gasteiger partial charge in [-0.05, 0) is 75.2 Å². The molecule has 0 atom stereocenters. The Morgan fingerprint density at radius 3 is 2.31 bits per heavy atom. The van der Waals surface area contributed by atoms with E-state index in [2.05, 4.69) is 10.4 Å². The molecule has 4 rings (SSSR count). The van der Waals surface area contributed by atoms with Crippen LogP contribution in [0.15, 0.2) is 53.4 Å². The molecule has 3 aromatic rings. The van der Waals surface area contributed by atoms with Crippen LogP contribution in [0.25, 0.3) is 5.69 Å². The third-order valence-electron chi connectivity index (χ3n) is 5.51. The largest absolute Gasteiger partial charge is 0.322 e. The van der Waals surface area contributed by atoms with Gasteiger partial charge in [-0.15, -0.1) is 0 Å². The van der Waals surface area contributed by atoms with Crippen LogP contribution in [0.3, 0.4) is 0 Å². The molecular weight excluding hydrogens is 448 g/mol. The van der Waals surface area contributed by atoms with Crippen molar-refractivity contribution in [3.63, 3.8) is 0 Å². The highest BCUT2D eigenvalue weighted by Crippen LogP contribution is 2.29. The van der Waals surface area contributed by atoms with E-state index in [1.165, 1.54) is 16.4 Å². The second-order valence-electron chi connectivity index (χ2n) is 7.95. The van der Waals surface area contributed by atoms with Gasteiger partial charge in [0, 0.05) is 30.0 Å². The number of nitrogens with one attached hydrogen (secondary N) is 1. The van der Waals surface area contributed by atoms with E-state index in [-0.39, 0.29) is 15.8 Å². The predicted molar refractivity (Wildman–Crippen MR) is 125 cm³/mol.